The standard InChI is InChI=1S/C10H13ClN2/c11-10-6-9(12-7-13-10)5-8-3-1-2-4-8/h6-8H,1-5H2. The molecule has 0 bridgehead atoms. The maximum atomic E-state index is 5.78. The van der Waals surface area contributed by atoms with Crippen molar-refractivity contribution in [2.75, 3.05) is 0 Å². The van der Waals surface area contributed by atoms with Crippen molar-refractivity contribution in [2.45, 2.75) is 32.1 Å². The van der Waals surface area contributed by atoms with E-state index >= 15 is 0 Å². The maximum absolute atomic E-state index is 5.78. The lowest BCUT2D eigenvalue weighted by atomic mass is 10.0. The summed E-state index contributed by atoms with van der Waals surface area (Å²) in [6, 6.07) is 1.87. The van der Waals surface area contributed by atoms with Crippen molar-refractivity contribution in [3.8, 4) is 0 Å². The van der Waals surface area contributed by atoms with E-state index in [9.17, 15) is 0 Å². The van der Waals surface area contributed by atoms with Crippen LogP contribution < -0.4 is 0 Å². The van der Waals surface area contributed by atoms with Crippen molar-refractivity contribution < 1.29 is 0 Å². The van der Waals surface area contributed by atoms with E-state index in [1.54, 1.807) is 6.33 Å². The van der Waals surface area contributed by atoms with Gasteiger partial charge in [0.2, 0.25) is 0 Å². The zero-order valence-electron chi connectivity index (χ0n) is 7.54. The van der Waals surface area contributed by atoms with Gasteiger partial charge in [0, 0.05) is 5.69 Å². The van der Waals surface area contributed by atoms with Crippen molar-refractivity contribution in [2.24, 2.45) is 5.92 Å². The van der Waals surface area contributed by atoms with Gasteiger partial charge in [0.05, 0.1) is 0 Å². The van der Waals surface area contributed by atoms with Crippen LogP contribution in [0.5, 0.6) is 0 Å². The first-order valence-corrected chi connectivity index (χ1v) is 5.19. The molecule has 0 radical (unpaired) electrons. The summed E-state index contributed by atoms with van der Waals surface area (Å²) < 4.78 is 0. The SMILES string of the molecule is Clc1cc(CC2CCCC2)ncn1. The molecule has 2 rings (SSSR count). The second-order valence-electron chi connectivity index (χ2n) is 3.69. The molecule has 1 saturated carbocycles. The van der Waals surface area contributed by atoms with Crippen LogP contribution >= 0.6 is 11.6 Å². The quantitative estimate of drug-likeness (QED) is 0.680. The van der Waals surface area contributed by atoms with E-state index in [1.807, 2.05) is 6.07 Å². The monoisotopic (exact) mass is 196 g/mol. The number of hydrogen-bond donors (Lipinski definition) is 0. The molecule has 0 aliphatic heterocycles. The Kier molecular flexibility index (Phi) is 2.79. The van der Waals surface area contributed by atoms with Gasteiger partial charge in [0.25, 0.3) is 0 Å². The largest absolute Gasteiger partial charge is 0.241 e. The molecule has 0 N–H and O–H groups in total. The zero-order valence-corrected chi connectivity index (χ0v) is 8.30. The van der Waals surface area contributed by atoms with Crippen LogP contribution in [0.4, 0.5) is 0 Å². The Morgan fingerprint density at radius 2 is 2.08 bits per heavy atom. The summed E-state index contributed by atoms with van der Waals surface area (Å²) in [5, 5.41) is 0.558. The van der Waals surface area contributed by atoms with Crippen LogP contribution in [0, 0.1) is 5.92 Å². The second-order valence-corrected chi connectivity index (χ2v) is 4.07. The number of aromatic nitrogens is 2. The fourth-order valence-corrected chi connectivity index (χ4v) is 2.16. The molecule has 0 atom stereocenters. The summed E-state index contributed by atoms with van der Waals surface area (Å²) >= 11 is 5.78. The van der Waals surface area contributed by atoms with Gasteiger partial charge in [-0.3, -0.25) is 0 Å². The van der Waals surface area contributed by atoms with Crippen LogP contribution in [-0.4, -0.2) is 9.97 Å². The third-order valence-electron chi connectivity index (χ3n) is 2.66. The lowest BCUT2D eigenvalue weighted by Gasteiger charge is -2.06. The number of nitrogens with zero attached hydrogens (tertiary/aromatic N) is 2. The first-order chi connectivity index (χ1) is 6.34. The van der Waals surface area contributed by atoms with Gasteiger partial charge in [-0.05, 0) is 18.4 Å². The lowest BCUT2D eigenvalue weighted by Crippen LogP contribution is -2.01. The van der Waals surface area contributed by atoms with Gasteiger partial charge in [-0.25, -0.2) is 9.97 Å². The van der Waals surface area contributed by atoms with Crippen LogP contribution in [0.25, 0.3) is 0 Å². The van der Waals surface area contributed by atoms with Crippen molar-refractivity contribution >= 4 is 11.6 Å². The van der Waals surface area contributed by atoms with Crippen molar-refractivity contribution in [1.29, 1.82) is 0 Å². The molecule has 0 amide bonds. The predicted octanol–water partition coefficient (Wildman–Crippen LogP) is 2.86. The molecule has 0 aromatic carbocycles. The summed E-state index contributed by atoms with van der Waals surface area (Å²) in [5.41, 5.74) is 1.09. The Morgan fingerprint density at radius 1 is 1.31 bits per heavy atom. The first-order valence-electron chi connectivity index (χ1n) is 4.81. The summed E-state index contributed by atoms with van der Waals surface area (Å²) in [5.74, 6) is 0.825. The molecule has 70 valence electrons. The van der Waals surface area contributed by atoms with Gasteiger partial charge in [0.1, 0.15) is 11.5 Å². The Morgan fingerprint density at radius 3 is 2.77 bits per heavy atom. The molecular formula is C10H13ClN2. The average molecular weight is 197 g/mol. The molecule has 0 spiro atoms. The Hall–Kier alpha value is -0.630. The maximum Gasteiger partial charge on any atom is 0.132 e. The van der Waals surface area contributed by atoms with Crippen molar-refractivity contribution in [3.05, 3.63) is 23.2 Å². The van der Waals surface area contributed by atoms with Crippen LogP contribution in [0.1, 0.15) is 31.4 Å². The van der Waals surface area contributed by atoms with Gasteiger partial charge in [-0.15, -0.1) is 0 Å². The molecule has 3 heteroatoms. The predicted molar refractivity (Wildman–Crippen MR) is 52.7 cm³/mol. The summed E-state index contributed by atoms with van der Waals surface area (Å²) in [4.78, 5) is 8.08. The normalized spacial score (nSPS) is 17.9. The van der Waals surface area contributed by atoms with E-state index in [4.69, 9.17) is 11.6 Å². The van der Waals surface area contributed by atoms with Gasteiger partial charge >= 0.3 is 0 Å². The van der Waals surface area contributed by atoms with Gasteiger partial charge in [-0.2, -0.15) is 0 Å². The summed E-state index contributed by atoms with van der Waals surface area (Å²) in [7, 11) is 0. The van der Waals surface area contributed by atoms with Crippen LogP contribution in [0.2, 0.25) is 5.15 Å². The van der Waals surface area contributed by atoms with E-state index in [0.29, 0.717) is 5.15 Å². The van der Waals surface area contributed by atoms with Crippen LogP contribution in [-0.2, 0) is 6.42 Å². The zero-order chi connectivity index (χ0) is 9.10. The lowest BCUT2D eigenvalue weighted by molar-refractivity contribution is 0.538. The molecule has 1 aromatic heterocycles. The molecular weight excluding hydrogens is 184 g/mol. The van der Waals surface area contributed by atoms with Crippen LogP contribution in [0.15, 0.2) is 12.4 Å². The molecule has 1 aliphatic carbocycles. The van der Waals surface area contributed by atoms with E-state index in [1.165, 1.54) is 25.7 Å². The highest BCUT2D eigenvalue weighted by molar-refractivity contribution is 6.29. The second kappa shape index (κ2) is 4.05. The molecule has 0 saturated heterocycles. The molecule has 13 heavy (non-hydrogen) atoms. The van der Waals surface area contributed by atoms with Crippen LogP contribution in [0.3, 0.4) is 0 Å². The number of hydrogen-bond acceptors (Lipinski definition) is 2. The minimum absolute atomic E-state index is 0.558. The minimum Gasteiger partial charge on any atom is -0.241 e. The highest BCUT2D eigenvalue weighted by Gasteiger charge is 2.15. The number of halogens is 1. The van der Waals surface area contributed by atoms with Crippen molar-refractivity contribution in [3.63, 3.8) is 0 Å². The first kappa shape index (κ1) is 8.95. The van der Waals surface area contributed by atoms with Crippen molar-refractivity contribution in [1.82, 2.24) is 9.97 Å². The van der Waals surface area contributed by atoms with E-state index in [0.717, 1.165) is 18.0 Å². The number of rotatable bonds is 2. The Labute approximate surface area is 83.4 Å². The van der Waals surface area contributed by atoms with Gasteiger partial charge < -0.3 is 0 Å². The topological polar surface area (TPSA) is 25.8 Å². The highest BCUT2D eigenvalue weighted by Crippen LogP contribution is 2.27. The third kappa shape index (κ3) is 2.41. The van der Waals surface area contributed by atoms with E-state index in [2.05, 4.69) is 9.97 Å². The summed E-state index contributed by atoms with van der Waals surface area (Å²) in [6.45, 7) is 0. The van der Waals surface area contributed by atoms with Gasteiger partial charge in [-0.1, -0.05) is 37.3 Å². The van der Waals surface area contributed by atoms with Gasteiger partial charge in [0.15, 0.2) is 0 Å². The fourth-order valence-electron chi connectivity index (χ4n) is 1.99. The Balaban J connectivity index is 2.00. The Bertz CT molecular complexity index is 282. The highest BCUT2D eigenvalue weighted by atomic mass is 35.5. The molecule has 2 nitrogen and oxygen atoms in total. The molecule has 1 heterocycles. The fraction of sp³-hybridized carbons (Fsp3) is 0.600. The third-order valence-corrected chi connectivity index (χ3v) is 2.87. The molecule has 1 fully saturated rings. The molecule has 1 aromatic rings. The summed E-state index contributed by atoms with van der Waals surface area (Å²) in [6.07, 6.45) is 8.07. The molecule has 0 unspecified atom stereocenters. The minimum atomic E-state index is 0.558. The molecule has 1 aliphatic rings. The van der Waals surface area contributed by atoms with E-state index < -0.39 is 0 Å². The average Bonchev–Trinajstić information content (AvgIpc) is 2.57. The smallest absolute Gasteiger partial charge is 0.132 e. The van der Waals surface area contributed by atoms with E-state index in [-0.39, 0.29) is 0 Å².